The van der Waals surface area contributed by atoms with Crippen LogP contribution in [0.2, 0.25) is 0 Å². The minimum absolute atomic E-state index is 0.0553. The van der Waals surface area contributed by atoms with E-state index in [2.05, 4.69) is 45.8 Å². The Morgan fingerprint density at radius 3 is 2.32 bits per heavy atom. The molecule has 7 rings (SSSR count). The van der Waals surface area contributed by atoms with Crippen molar-refractivity contribution < 1.29 is 14.1 Å². The molecule has 6 heteroatoms. The molecule has 1 aromatic heterocycles. The molecule has 0 spiro atoms. The average molecular weight is 598 g/mol. The lowest BCUT2D eigenvalue weighted by Crippen LogP contribution is -2.65. The van der Waals surface area contributed by atoms with Crippen molar-refractivity contribution in [3.05, 3.63) is 35.0 Å². The highest BCUT2D eigenvalue weighted by Crippen LogP contribution is 2.74. The first-order chi connectivity index (χ1) is 20.6. The van der Waals surface area contributed by atoms with E-state index in [1.807, 2.05) is 26.0 Å². The Hall–Kier alpha value is -2.55. The number of Topliss-reactive ketones (excluding diaryl/α,β-unsaturated/α-hetero) is 1. The predicted octanol–water partition coefficient (Wildman–Crippen LogP) is 8.59. The van der Waals surface area contributed by atoms with Gasteiger partial charge in [-0.05, 0) is 91.9 Å². The van der Waals surface area contributed by atoms with Crippen LogP contribution in [0.25, 0.3) is 0 Å². The number of fused-ring (bicyclic) bond motifs is 7. The van der Waals surface area contributed by atoms with Gasteiger partial charge >= 0.3 is 0 Å². The van der Waals surface area contributed by atoms with Gasteiger partial charge in [0.05, 0.1) is 11.0 Å². The van der Waals surface area contributed by atoms with Crippen molar-refractivity contribution in [2.45, 2.75) is 137 Å². The molecule has 0 aliphatic heterocycles. The summed E-state index contributed by atoms with van der Waals surface area (Å²) in [6, 6.07) is 2.22. The van der Waals surface area contributed by atoms with Crippen LogP contribution in [0.5, 0.6) is 0 Å². The molecule has 6 aliphatic carbocycles. The van der Waals surface area contributed by atoms with Gasteiger partial charge in [-0.3, -0.25) is 9.59 Å². The summed E-state index contributed by atoms with van der Waals surface area (Å²) >= 11 is 0. The van der Waals surface area contributed by atoms with Gasteiger partial charge in [-0.2, -0.15) is 10.2 Å². The molecule has 0 N–H and O–H groups in total. The molecule has 6 aliphatic rings. The number of rotatable bonds is 2. The van der Waals surface area contributed by atoms with Gasteiger partial charge in [-0.1, -0.05) is 84.5 Å². The molecule has 1 aromatic rings. The van der Waals surface area contributed by atoms with Crippen LogP contribution in [0.1, 0.15) is 143 Å². The molecule has 0 unspecified atom stereocenters. The number of nitrogens with zero attached hydrogens (tertiary/aromatic N) is 3. The highest BCUT2D eigenvalue weighted by molar-refractivity contribution is 6.04. The average Bonchev–Trinajstić information content (AvgIpc) is 3.48. The predicted molar refractivity (Wildman–Crippen MR) is 168 cm³/mol. The van der Waals surface area contributed by atoms with Crippen molar-refractivity contribution in [1.82, 2.24) is 10.1 Å². The molecule has 4 fully saturated rings. The summed E-state index contributed by atoms with van der Waals surface area (Å²) in [7, 11) is 0. The van der Waals surface area contributed by atoms with Gasteiger partial charge in [-0.25, -0.2) is 0 Å². The lowest BCUT2D eigenvalue weighted by atomic mass is 9.34. The first kappa shape index (κ1) is 30.1. The standard InChI is InChI=1S/C38H51N3O3/c1-33(2)15-17-38(32-40-31(41-44-32)23-11-9-8-10-12-23)18-16-37(7)29(25(38)21-33)26(42)19-28-35(5)20-24(22-39)30(43)34(3,4)27(35)13-14-36(28,37)6/h19-20,23,25,27,29H,8-18,21H2,1-7H3/t25-,27-,29-,35-,36+,37+,38-/m0/s1. The Morgan fingerprint density at radius 1 is 0.909 bits per heavy atom. The van der Waals surface area contributed by atoms with Gasteiger partial charge < -0.3 is 4.52 Å². The monoisotopic (exact) mass is 597 g/mol. The van der Waals surface area contributed by atoms with Crippen molar-refractivity contribution in [2.24, 2.45) is 44.8 Å². The number of hydrogen-bond acceptors (Lipinski definition) is 6. The smallest absolute Gasteiger partial charge is 0.233 e. The fourth-order valence-corrected chi connectivity index (χ4v) is 12.0. The lowest BCUT2D eigenvalue weighted by molar-refractivity contribution is -0.161. The number of allylic oxidation sites excluding steroid dienone is 4. The second kappa shape index (κ2) is 9.49. The molecule has 0 radical (unpaired) electrons. The third-order valence-electron chi connectivity index (χ3n) is 14.7. The molecule has 44 heavy (non-hydrogen) atoms. The zero-order valence-corrected chi connectivity index (χ0v) is 28.0. The molecule has 1 heterocycles. The van der Waals surface area contributed by atoms with Crippen LogP contribution >= 0.6 is 0 Å². The topological polar surface area (TPSA) is 96.8 Å². The van der Waals surface area contributed by atoms with E-state index < -0.39 is 10.8 Å². The number of carbonyl (C=O) groups is 2. The van der Waals surface area contributed by atoms with Crippen molar-refractivity contribution in [2.75, 3.05) is 0 Å². The number of aromatic nitrogens is 2. The summed E-state index contributed by atoms with van der Waals surface area (Å²) in [6.07, 6.45) is 16.7. The Kier molecular flexibility index (Phi) is 6.50. The summed E-state index contributed by atoms with van der Waals surface area (Å²) in [4.78, 5) is 33.4. The second-order valence-corrected chi connectivity index (χ2v) is 17.7. The maximum atomic E-state index is 14.8. The first-order valence-corrected chi connectivity index (χ1v) is 17.4. The largest absolute Gasteiger partial charge is 0.339 e. The van der Waals surface area contributed by atoms with Crippen molar-refractivity contribution in [3.8, 4) is 6.07 Å². The van der Waals surface area contributed by atoms with Crippen LogP contribution in [0.4, 0.5) is 0 Å². The van der Waals surface area contributed by atoms with E-state index in [0.717, 1.165) is 75.1 Å². The molecule has 4 saturated carbocycles. The second-order valence-electron chi connectivity index (χ2n) is 17.7. The Balaban J connectivity index is 1.35. The molecule has 0 amide bonds. The first-order valence-electron chi connectivity index (χ1n) is 17.4. The van der Waals surface area contributed by atoms with E-state index >= 15 is 0 Å². The van der Waals surface area contributed by atoms with Crippen LogP contribution < -0.4 is 0 Å². The SMILES string of the molecule is CC1(C)CC[C@]2(c3nc(C4CCCCC4)no3)CC[C@]3(C)[C@H](C(=O)C=C4[C@@]5(C)C=C(C#N)C(=O)C(C)(C)[C@@H]5CC[C@]43C)[C@@H]2C1. The molecule has 0 bridgehead atoms. The molecule has 7 atom stereocenters. The molecular formula is C38H51N3O3. The quantitative estimate of drug-likeness (QED) is 0.339. The molecule has 6 nitrogen and oxygen atoms in total. The molecular weight excluding hydrogens is 546 g/mol. The van der Waals surface area contributed by atoms with E-state index in [4.69, 9.17) is 9.51 Å². The number of hydrogen-bond donors (Lipinski definition) is 0. The van der Waals surface area contributed by atoms with Gasteiger partial charge in [0.25, 0.3) is 0 Å². The normalized spacial score (nSPS) is 43.0. The number of carbonyl (C=O) groups excluding carboxylic acids is 2. The van der Waals surface area contributed by atoms with Crippen molar-refractivity contribution >= 4 is 11.6 Å². The van der Waals surface area contributed by atoms with E-state index in [1.165, 1.54) is 19.3 Å². The van der Waals surface area contributed by atoms with E-state index in [0.29, 0.717) is 5.92 Å². The summed E-state index contributed by atoms with van der Waals surface area (Å²) < 4.78 is 6.25. The number of ketones is 2. The van der Waals surface area contributed by atoms with Crippen LogP contribution in [0, 0.1) is 56.2 Å². The van der Waals surface area contributed by atoms with Crippen LogP contribution in [0.3, 0.4) is 0 Å². The molecule has 236 valence electrons. The van der Waals surface area contributed by atoms with Gasteiger partial charge in [0, 0.05) is 22.7 Å². The van der Waals surface area contributed by atoms with Crippen molar-refractivity contribution in [1.29, 1.82) is 5.26 Å². The highest BCUT2D eigenvalue weighted by Gasteiger charge is 2.70. The summed E-state index contributed by atoms with van der Waals surface area (Å²) in [5.41, 5.74) is -0.375. The maximum absolute atomic E-state index is 14.8. The summed E-state index contributed by atoms with van der Waals surface area (Å²) in [5.74, 6) is 2.28. The Bertz CT molecular complexity index is 1520. The van der Waals surface area contributed by atoms with Gasteiger partial charge in [0.2, 0.25) is 5.89 Å². The van der Waals surface area contributed by atoms with Crippen LogP contribution in [-0.2, 0) is 15.0 Å². The lowest BCUT2D eigenvalue weighted by Gasteiger charge is -2.68. The van der Waals surface area contributed by atoms with Gasteiger partial charge in [0.1, 0.15) is 6.07 Å². The van der Waals surface area contributed by atoms with E-state index in [-0.39, 0.29) is 56.6 Å². The summed E-state index contributed by atoms with van der Waals surface area (Å²) in [5, 5.41) is 14.6. The van der Waals surface area contributed by atoms with Crippen molar-refractivity contribution in [3.63, 3.8) is 0 Å². The maximum Gasteiger partial charge on any atom is 0.233 e. The van der Waals surface area contributed by atoms with Gasteiger partial charge in [0.15, 0.2) is 17.4 Å². The number of nitriles is 1. The summed E-state index contributed by atoms with van der Waals surface area (Å²) in [6.45, 7) is 15.7. The van der Waals surface area contributed by atoms with Gasteiger partial charge in [-0.15, -0.1) is 0 Å². The highest BCUT2D eigenvalue weighted by atomic mass is 16.5. The molecule has 0 saturated heterocycles. The fraction of sp³-hybridized carbons (Fsp3) is 0.763. The van der Waals surface area contributed by atoms with Crippen LogP contribution in [-0.4, -0.2) is 21.7 Å². The van der Waals surface area contributed by atoms with Crippen LogP contribution in [0.15, 0.2) is 27.8 Å². The minimum Gasteiger partial charge on any atom is -0.339 e. The van der Waals surface area contributed by atoms with E-state index in [1.54, 1.807) is 0 Å². The van der Waals surface area contributed by atoms with E-state index in [9.17, 15) is 14.9 Å². The Labute approximate surface area is 263 Å². The minimum atomic E-state index is -0.652. The fourth-order valence-electron chi connectivity index (χ4n) is 12.0. The third kappa shape index (κ3) is 3.83. The zero-order chi connectivity index (χ0) is 31.5. The third-order valence-corrected chi connectivity index (χ3v) is 14.7. The molecule has 0 aromatic carbocycles. The Morgan fingerprint density at radius 2 is 1.61 bits per heavy atom. The zero-order valence-electron chi connectivity index (χ0n) is 28.0.